The van der Waals surface area contributed by atoms with Crippen molar-refractivity contribution in [2.45, 2.75) is 20.3 Å². The monoisotopic (exact) mass is 211 g/mol. The summed E-state index contributed by atoms with van der Waals surface area (Å²) in [6.45, 7) is 5.99. The molecule has 0 amide bonds. The number of nitrogens with one attached hydrogen (secondary N) is 1. The van der Waals surface area contributed by atoms with Gasteiger partial charge >= 0.3 is 0 Å². The van der Waals surface area contributed by atoms with Crippen molar-refractivity contribution in [1.82, 2.24) is 0 Å². The largest absolute Gasteiger partial charge is 0.382 e. The second-order valence-electron chi connectivity index (χ2n) is 3.45. The fourth-order valence-electron chi connectivity index (χ4n) is 1.30. The lowest BCUT2D eigenvalue weighted by molar-refractivity contribution is 0.144. The number of anilines is 1. The minimum atomic E-state index is -0.172. The van der Waals surface area contributed by atoms with E-state index in [0.29, 0.717) is 18.7 Å². The molecule has 2 nitrogen and oxygen atoms in total. The van der Waals surface area contributed by atoms with Gasteiger partial charge in [-0.3, -0.25) is 0 Å². The maximum Gasteiger partial charge on any atom is 0.128 e. The molecule has 0 saturated heterocycles. The summed E-state index contributed by atoms with van der Waals surface area (Å²) in [5.41, 5.74) is 1.50. The summed E-state index contributed by atoms with van der Waals surface area (Å²) in [6, 6.07) is 5.05. The van der Waals surface area contributed by atoms with Crippen LogP contribution in [0, 0.1) is 12.7 Å². The van der Waals surface area contributed by atoms with Crippen molar-refractivity contribution in [1.29, 1.82) is 0 Å². The van der Waals surface area contributed by atoms with Gasteiger partial charge in [0, 0.05) is 24.4 Å². The Bertz CT molecular complexity index is 302. The predicted molar refractivity (Wildman–Crippen MR) is 60.7 cm³/mol. The first kappa shape index (κ1) is 12.0. The number of hydrogen-bond acceptors (Lipinski definition) is 2. The van der Waals surface area contributed by atoms with E-state index in [0.717, 1.165) is 18.7 Å². The van der Waals surface area contributed by atoms with Crippen molar-refractivity contribution in [3.05, 3.63) is 29.6 Å². The number of benzene rings is 1. The van der Waals surface area contributed by atoms with Gasteiger partial charge in [-0.15, -0.1) is 0 Å². The molecule has 0 atom stereocenters. The molecule has 1 N–H and O–H groups in total. The second-order valence-corrected chi connectivity index (χ2v) is 3.45. The molecule has 0 bridgehead atoms. The SMILES string of the molecule is CCCOCCNc1cccc(F)c1C. The van der Waals surface area contributed by atoms with Crippen LogP contribution in [-0.2, 0) is 4.74 Å². The Morgan fingerprint density at radius 3 is 2.87 bits per heavy atom. The Hall–Kier alpha value is -1.09. The summed E-state index contributed by atoms with van der Waals surface area (Å²) in [4.78, 5) is 0. The van der Waals surface area contributed by atoms with Crippen LogP contribution in [0.5, 0.6) is 0 Å². The van der Waals surface area contributed by atoms with Crippen molar-refractivity contribution in [2.75, 3.05) is 25.1 Å². The summed E-state index contributed by atoms with van der Waals surface area (Å²) in [5, 5.41) is 3.15. The molecule has 0 unspecified atom stereocenters. The van der Waals surface area contributed by atoms with Gasteiger partial charge in [0.25, 0.3) is 0 Å². The topological polar surface area (TPSA) is 21.3 Å². The Morgan fingerprint density at radius 2 is 2.13 bits per heavy atom. The maximum atomic E-state index is 13.1. The van der Waals surface area contributed by atoms with Crippen molar-refractivity contribution in [3.63, 3.8) is 0 Å². The van der Waals surface area contributed by atoms with E-state index >= 15 is 0 Å². The van der Waals surface area contributed by atoms with Gasteiger partial charge in [-0.05, 0) is 25.5 Å². The predicted octanol–water partition coefficient (Wildman–Crippen LogP) is 2.97. The molecular formula is C12H18FNO. The average Bonchev–Trinajstić information content (AvgIpc) is 2.24. The van der Waals surface area contributed by atoms with E-state index in [1.807, 2.05) is 6.07 Å². The lowest BCUT2D eigenvalue weighted by Crippen LogP contribution is -2.10. The van der Waals surface area contributed by atoms with Gasteiger partial charge in [0.2, 0.25) is 0 Å². The van der Waals surface area contributed by atoms with Crippen LogP contribution in [0.2, 0.25) is 0 Å². The Morgan fingerprint density at radius 1 is 1.33 bits per heavy atom. The van der Waals surface area contributed by atoms with Crippen LogP contribution in [0.1, 0.15) is 18.9 Å². The molecule has 0 fully saturated rings. The van der Waals surface area contributed by atoms with Crippen LogP contribution in [0.15, 0.2) is 18.2 Å². The van der Waals surface area contributed by atoms with Crippen molar-refractivity contribution >= 4 is 5.69 Å². The average molecular weight is 211 g/mol. The second kappa shape index (κ2) is 6.40. The minimum Gasteiger partial charge on any atom is -0.382 e. The van der Waals surface area contributed by atoms with Gasteiger partial charge < -0.3 is 10.1 Å². The molecule has 0 aromatic heterocycles. The summed E-state index contributed by atoms with van der Waals surface area (Å²) in [5.74, 6) is -0.172. The van der Waals surface area contributed by atoms with Crippen molar-refractivity contribution in [3.8, 4) is 0 Å². The third kappa shape index (κ3) is 3.88. The van der Waals surface area contributed by atoms with E-state index in [2.05, 4.69) is 12.2 Å². The van der Waals surface area contributed by atoms with Crippen molar-refractivity contribution < 1.29 is 9.13 Å². The summed E-state index contributed by atoms with van der Waals surface area (Å²) >= 11 is 0. The van der Waals surface area contributed by atoms with Gasteiger partial charge in [-0.25, -0.2) is 4.39 Å². The van der Waals surface area contributed by atoms with Crippen LogP contribution in [-0.4, -0.2) is 19.8 Å². The molecule has 1 rings (SSSR count). The molecule has 1 aromatic rings. The Balaban J connectivity index is 2.34. The minimum absolute atomic E-state index is 0.172. The van der Waals surface area contributed by atoms with E-state index in [1.54, 1.807) is 13.0 Å². The zero-order valence-electron chi connectivity index (χ0n) is 9.35. The molecule has 1 aromatic carbocycles. The highest BCUT2D eigenvalue weighted by atomic mass is 19.1. The van der Waals surface area contributed by atoms with Crippen LogP contribution in [0.25, 0.3) is 0 Å². The van der Waals surface area contributed by atoms with Gasteiger partial charge in [-0.1, -0.05) is 13.0 Å². The maximum absolute atomic E-state index is 13.1. The Labute approximate surface area is 90.4 Å². The third-order valence-corrected chi connectivity index (χ3v) is 2.18. The van der Waals surface area contributed by atoms with E-state index in [-0.39, 0.29) is 5.82 Å². The molecule has 0 spiro atoms. The van der Waals surface area contributed by atoms with E-state index in [4.69, 9.17) is 4.74 Å². The molecule has 0 heterocycles. The number of rotatable bonds is 6. The highest BCUT2D eigenvalue weighted by Gasteiger charge is 2.01. The fourth-order valence-corrected chi connectivity index (χ4v) is 1.30. The Kier molecular flexibility index (Phi) is 5.12. The zero-order chi connectivity index (χ0) is 11.1. The van der Waals surface area contributed by atoms with Crippen LogP contribution in [0.4, 0.5) is 10.1 Å². The molecule has 0 aliphatic rings. The third-order valence-electron chi connectivity index (χ3n) is 2.18. The quantitative estimate of drug-likeness (QED) is 0.730. The molecule has 0 saturated carbocycles. The van der Waals surface area contributed by atoms with Gasteiger partial charge in [0.1, 0.15) is 5.82 Å². The molecule has 84 valence electrons. The molecular weight excluding hydrogens is 193 g/mol. The smallest absolute Gasteiger partial charge is 0.128 e. The first-order chi connectivity index (χ1) is 7.25. The number of halogens is 1. The molecule has 0 aliphatic carbocycles. The molecule has 0 aliphatic heterocycles. The fraction of sp³-hybridized carbons (Fsp3) is 0.500. The van der Waals surface area contributed by atoms with Crippen LogP contribution >= 0.6 is 0 Å². The van der Waals surface area contributed by atoms with Gasteiger partial charge in [0.15, 0.2) is 0 Å². The van der Waals surface area contributed by atoms with E-state index in [9.17, 15) is 4.39 Å². The normalized spacial score (nSPS) is 10.3. The van der Waals surface area contributed by atoms with Crippen molar-refractivity contribution in [2.24, 2.45) is 0 Å². The summed E-state index contributed by atoms with van der Waals surface area (Å²) in [7, 11) is 0. The van der Waals surface area contributed by atoms with Crippen LogP contribution in [0.3, 0.4) is 0 Å². The molecule has 15 heavy (non-hydrogen) atoms. The number of ether oxygens (including phenoxy) is 1. The first-order valence-corrected chi connectivity index (χ1v) is 5.32. The molecule has 0 radical (unpaired) electrons. The van der Waals surface area contributed by atoms with E-state index in [1.165, 1.54) is 6.07 Å². The number of hydrogen-bond donors (Lipinski definition) is 1. The first-order valence-electron chi connectivity index (χ1n) is 5.32. The lowest BCUT2D eigenvalue weighted by Gasteiger charge is -2.09. The summed E-state index contributed by atoms with van der Waals surface area (Å²) < 4.78 is 18.5. The molecule has 3 heteroatoms. The van der Waals surface area contributed by atoms with Gasteiger partial charge in [-0.2, -0.15) is 0 Å². The van der Waals surface area contributed by atoms with Gasteiger partial charge in [0.05, 0.1) is 6.61 Å². The highest BCUT2D eigenvalue weighted by Crippen LogP contribution is 2.16. The van der Waals surface area contributed by atoms with Crippen LogP contribution < -0.4 is 5.32 Å². The standard InChI is InChI=1S/C12H18FNO/c1-3-8-15-9-7-14-12-6-4-5-11(13)10(12)2/h4-6,14H,3,7-9H2,1-2H3. The summed E-state index contributed by atoms with van der Waals surface area (Å²) in [6.07, 6.45) is 1.03. The highest BCUT2D eigenvalue weighted by molar-refractivity contribution is 5.50. The lowest BCUT2D eigenvalue weighted by atomic mass is 10.2. The zero-order valence-corrected chi connectivity index (χ0v) is 9.35. The van der Waals surface area contributed by atoms with E-state index < -0.39 is 0 Å².